The maximum Gasteiger partial charge on any atom is 0.240 e. The molecule has 0 bridgehead atoms. The Morgan fingerprint density at radius 2 is 1.83 bits per heavy atom. The van der Waals surface area contributed by atoms with E-state index in [2.05, 4.69) is 10.5 Å². The summed E-state index contributed by atoms with van der Waals surface area (Å²) < 4.78 is 34.0. The molecule has 2 rings (SSSR count). The van der Waals surface area contributed by atoms with Crippen LogP contribution in [-0.2, 0) is 14.6 Å². The van der Waals surface area contributed by atoms with Gasteiger partial charge >= 0.3 is 0 Å². The molecule has 0 aliphatic carbocycles. The number of hydrogen-bond donors (Lipinski definition) is 1. The third kappa shape index (κ3) is 4.10. The molecule has 124 valence electrons. The van der Waals surface area contributed by atoms with Crippen LogP contribution in [0.5, 0.6) is 11.5 Å². The molecule has 0 saturated carbocycles. The Morgan fingerprint density at radius 1 is 1.13 bits per heavy atom. The number of carbonyl (C=O) groups excluding carboxylic acids is 1. The van der Waals surface area contributed by atoms with Gasteiger partial charge in [-0.3, -0.25) is 4.79 Å². The van der Waals surface area contributed by atoms with E-state index in [1.165, 1.54) is 20.3 Å². The first-order chi connectivity index (χ1) is 10.8. The van der Waals surface area contributed by atoms with Gasteiger partial charge in [0.05, 0.1) is 19.9 Å². The molecule has 7 nitrogen and oxygen atoms in total. The predicted molar refractivity (Wildman–Crippen MR) is 86.5 cm³/mol. The van der Waals surface area contributed by atoms with Gasteiger partial charge in [-0.05, 0) is 18.2 Å². The van der Waals surface area contributed by atoms with Crippen LogP contribution in [0.2, 0.25) is 0 Å². The fourth-order valence-electron chi connectivity index (χ4n) is 2.11. The monoisotopic (exact) mass is 338 g/mol. The molecule has 0 unspecified atom stereocenters. The smallest absolute Gasteiger partial charge is 0.240 e. The average Bonchev–Trinajstić information content (AvgIpc) is 2.52. The highest BCUT2D eigenvalue weighted by Crippen LogP contribution is 2.32. The van der Waals surface area contributed by atoms with E-state index < -0.39 is 9.84 Å². The molecule has 0 radical (unpaired) electrons. The number of hydrogen-bond acceptors (Lipinski definition) is 6. The van der Waals surface area contributed by atoms with Crippen LogP contribution in [0.1, 0.15) is 18.4 Å². The minimum absolute atomic E-state index is 0.0660. The Morgan fingerprint density at radius 3 is 2.35 bits per heavy atom. The Balaban J connectivity index is 2.40. The Labute approximate surface area is 134 Å². The van der Waals surface area contributed by atoms with Crippen LogP contribution >= 0.6 is 0 Å². The first-order valence-corrected chi connectivity index (χ1v) is 8.74. The zero-order chi connectivity index (χ0) is 17.0. The Kier molecular flexibility index (Phi) is 5.05. The number of allylic oxidation sites excluding steroid dienone is 1. The van der Waals surface area contributed by atoms with Gasteiger partial charge < -0.3 is 9.47 Å². The third-order valence-corrected chi connectivity index (χ3v) is 4.42. The van der Waals surface area contributed by atoms with Gasteiger partial charge in [-0.25, -0.2) is 13.8 Å². The zero-order valence-electron chi connectivity index (χ0n) is 13.1. The van der Waals surface area contributed by atoms with Crippen molar-refractivity contribution >= 4 is 27.5 Å². The lowest BCUT2D eigenvalue weighted by Gasteiger charge is -2.12. The van der Waals surface area contributed by atoms with Crippen LogP contribution < -0.4 is 14.9 Å². The average molecular weight is 338 g/mol. The lowest BCUT2D eigenvalue weighted by atomic mass is 10.1. The molecule has 8 heteroatoms. The number of nitrogens with one attached hydrogen (secondary N) is 1. The number of nitrogens with zero attached hydrogens (tertiary/aromatic N) is 1. The Bertz CT molecular complexity index is 781. The second-order valence-electron chi connectivity index (χ2n) is 4.99. The molecule has 1 aromatic rings. The van der Waals surface area contributed by atoms with Gasteiger partial charge in [-0.15, -0.1) is 0 Å². The van der Waals surface area contributed by atoms with Gasteiger partial charge in [0.25, 0.3) is 0 Å². The maximum atomic E-state index is 11.8. The van der Waals surface area contributed by atoms with Crippen molar-refractivity contribution in [1.29, 1.82) is 0 Å². The number of methoxy groups -OCH3 is 2. The molecule has 0 atom stereocenters. The molecule has 23 heavy (non-hydrogen) atoms. The van der Waals surface area contributed by atoms with Gasteiger partial charge in [-0.1, -0.05) is 0 Å². The summed E-state index contributed by atoms with van der Waals surface area (Å²) in [5.41, 5.74) is 3.78. The quantitative estimate of drug-likeness (QED) is 0.875. The summed E-state index contributed by atoms with van der Waals surface area (Å²) in [5.74, 6) is 0.536. The van der Waals surface area contributed by atoms with Crippen molar-refractivity contribution in [2.45, 2.75) is 17.7 Å². The molecule has 1 N–H and O–H groups in total. The summed E-state index contributed by atoms with van der Waals surface area (Å²) in [4.78, 5) is 11.1. The normalized spacial score (nSPS) is 15.3. The summed E-state index contributed by atoms with van der Waals surface area (Å²) >= 11 is 0. The number of rotatable bonds is 5. The van der Waals surface area contributed by atoms with E-state index in [1.807, 2.05) is 0 Å². The summed E-state index contributed by atoms with van der Waals surface area (Å²) in [5, 5.41) is 3.94. The molecule has 0 aromatic heterocycles. The van der Waals surface area contributed by atoms with E-state index in [1.54, 1.807) is 18.2 Å². The van der Waals surface area contributed by atoms with Crippen molar-refractivity contribution in [1.82, 2.24) is 5.43 Å². The van der Waals surface area contributed by atoms with Crippen LogP contribution in [0.3, 0.4) is 0 Å². The summed E-state index contributed by atoms with van der Waals surface area (Å²) in [6.07, 6.45) is 5.53. The molecule has 0 spiro atoms. The first kappa shape index (κ1) is 17.0. The van der Waals surface area contributed by atoms with Gasteiger partial charge in [0.1, 0.15) is 16.4 Å². The maximum absolute atomic E-state index is 11.8. The number of ether oxygens (including phenoxy) is 2. The second-order valence-corrected chi connectivity index (χ2v) is 6.97. The summed E-state index contributed by atoms with van der Waals surface area (Å²) in [7, 11) is -0.567. The summed E-state index contributed by atoms with van der Waals surface area (Å²) in [6.45, 7) is 0. The van der Waals surface area contributed by atoms with Crippen molar-refractivity contribution < 1.29 is 22.7 Å². The van der Waals surface area contributed by atoms with E-state index in [-0.39, 0.29) is 16.6 Å². The van der Waals surface area contributed by atoms with E-state index in [9.17, 15) is 13.2 Å². The van der Waals surface area contributed by atoms with Crippen LogP contribution in [0.4, 0.5) is 0 Å². The van der Waals surface area contributed by atoms with E-state index in [0.717, 1.165) is 12.0 Å². The molecule has 1 amide bonds. The molecule has 1 aliphatic rings. The van der Waals surface area contributed by atoms with E-state index in [0.29, 0.717) is 24.2 Å². The molecule has 1 aliphatic heterocycles. The highest BCUT2D eigenvalue weighted by atomic mass is 32.2. The second kappa shape index (κ2) is 6.82. The van der Waals surface area contributed by atoms with Crippen LogP contribution in [0.25, 0.3) is 6.08 Å². The van der Waals surface area contributed by atoms with Crippen molar-refractivity contribution in [3.63, 3.8) is 0 Å². The molecular weight excluding hydrogens is 320 g/mol. The fourth-order valence-corrected chi connectivity index (χ4v) is 2.94. The van der Waals surface area contributed by atoms with Gasteiger partial charge in [-0.2, -0.15) is 5.10 Å². The lowest BCUT2D eigenvalue weighted by molar-refractivity contribution is -0.121. The van der Waals surface area contributed by atoms with Crippen LogP contribution in [0, 0.1) is 0 Å². The van der Waals surface area contributed by atoms with Crippen molar-refractivity contribution in [3.05, 3.63) is 23.8 Å². The highest BCUT2D eigenvalue weighted by molar-refractivity contribution is 7.90. The van der Waals surface area contributed by atoms with Crippen molar-refractivity contribution in [2.24, 2.45) is 5.10 Å². The molecule has 0 saturated heterocycles. The highest BCUT2D eigenvalue weighted by Gasteiger charge is 2.18. The third-order valence-electron chi connectivity index (χ3n) is 3.30. The van der Waals surface area contributed by atoms with Crippen molar-refractivity contribution in [2.75, 3.05) is 20.5 Å². The Hall–Kier alpha value is -2.35. The number of carbonyl (C=O) groups is 1. The lowest BCUT2D eigenvalue weighted by Crippen LogP contribution is -2.24. The van der Waals surface area contributed by atoms with Crippen molar-refractivity contribution in [3.8, 4) is 11.5 Å². The molecule has 1 heterocycles. The SMILES string of the molecule is COc1cc(S(C)(=O)=O)c(OC)cc1C=CC1=NNC(=O)CC1. The molecule has 0 fully saturated rings. The van der Waals surface area contributed by atoms with Gasteiger partial charge in [0.15, 0.2) is 9.84 Å². The van der Waals surface area contributed by atoms with Crippen LogP contribution in [-0.4, -0.2) is 40.5 Å². The minimum Gasteiger partial charge on any atom is -0.496 e. The van der Waals surface area contributed by atoms with E-state index >= 15 is 0 Å². The number of sulfone groups is 1. The van der Waals surface area contributed by atoms with Gasteiger partial charge in [0, 0.05) is 30.7 Å². The minimum atomic E-state index is -3.44. The standard InChI is InChI=1S/C15H18N2O5S/c1-21-12-9-14(23(3,19)20)13(22-2)8-10(12)4-5-11-6-7-15(18)17-16-11/h4-5,8-9H,6-7H2,1-3H3,(H,17,18). The zero-order valence-corrected chi connectivity index (χ0v) is 13.9. The predicted octanol–water partition coefficient (Wildman–Crippen LogP) is 1.39. The van der Waals surface area contributed by atoms with Gasteiger partial charge in [0.2, 0.25) is 5.91 Å². The largest absolute Gasteiger partial charge is 0.496 e. The molecular formula is C15H18N2O5S. The number of benzene rings is 1. The van der Waals surface area contributed by atoms with Crippen LogP contribution in [0.15, 0.2) is 28.2 Å². The topological polar surface area (TPSA) is 94.1 Å². The summed E-state index contributed by atoms with van der Waals surface area (Å²) in [6, 6.07) is 3.02. The number of amides is 1. The van der Waals surface area contributed by atoms with E-state index in [4.69, 9.17) is 9.47 Å². The molecule has 1 aromatic carbocycles. The first-order valence-electron chi connectivity index (χ1n) is 6.84. The fraction of sp³-hybridized carbons (Fsp3) is 0.333. The number of hydrazone groups is 1.